The molecule has 0 saturated heterocycles. The van der Waals surface area contributed by atoms with Gasteiger partial charge in [-0.3, -0.25) is 4.57 Å². The Morgan fingerprint density at radius 3 is 2.81 bits per heavy atom. The average Bonchev–Trinajstić information content (AvgIpc) is 2.69. The third-order valence-corrected chi connectivity index (χ3v) is 3.33. The molecule has 3 rings (SSSR count). The van der Waals surface area contributed by atoms with Crippen molar-refractivity contribution in [3.63, 3.8) is 0 Å². The Kier molecular flexibility index (Phi) is 2.29. The zero-order valence-electron chi connectivity index (χ0n) is 8.52. The molecule has 2 heterocycles. The first-order chi connectivity index (χ1) is 7.86. The van der Waals surface area contributed by atoms with Crippen molar-refractivity contribution in [1.82, 2.24) is 14.9 Å². The Bertz CT molecular complexity index is 543. The van der Waals surface area contributed by atoms with E-state index in [4.69, 9.17) is 0 Å². The van der Waals surface area contributed by atoms with Gasteiger partial charge in [-0.1, -0.05) is 30.3 Å². The van der Waals surface area contributed by atoms with Crippen LogP contribution in [0.3, 0.4) is 0 Å². The van der Waals surface area contributed by atoms with Gasteiger partial charge in [0.25, 0.3) is 0 Å². The Morgan fingerprint density at radius 2 is 2.06 bits per heavy atom. The van der Waals surface area contributed by atoms with Crippen LogP contribution in [-0.2, 0) is 6.54 Å². The molecular formula is C12H10BrN3. The van der Waals surface area contributed by atoms with Crippen LogP contribution in [0, 0.1) is 0 Å². The first-order valence-corrected chi connectivity index (χ1v) is 5.87. The minimum atomic E-state index is 0.766. The van der Waals surface area contributed by atoms with Crippen LogP contribution in [0.2, 0.25) is 0 Å². The summed E-state index contributed by atoms with van der Waals surface area (Å²) in [5.74, 6) is 1.02. The molecule has 1 N–H and O–H groups in total. The lowest BCUT2D eigenvalue weighted by atomic mass is 10.2. The summed E-state index contributed by atoms with van der Waals surface area (Å²) in [4.78, 5) is 4.62. The maximum atomic E-state index is 4.62. The number of rotatable bonds is 1. The highest BCUT2D eigenvalue weighted by Crippen LogP contribution is 2.29. The van der Waals surface area contributed by atoms with E-state index in [-0.39, 0.29) is 0 Å². The van der Waals surface area contributed by atoms with Crippen LogP contribution in [-0.4, -0.2) is 9.55 Å². The monoisotopic (exact) mass is 275 g/mol. The Labute approximate surface area is 102 Å². The number of halogens is 1. The largest absolute Gasteiger partial charge is 0.382 e. The first-order valence-electron chi connectivity index (χ1n) is 5.08. The van der Waals surface area contributed by atoms with E-state index in [1.165, 1.54) is 0 Å². The molecule has 0 radical (unpaired) electrons. The molecule has 0 saturated carbocycles. The van der Waals surface area contributed by atoms with E-state index >= 15 is 0 Å². The van der Waals surface area contributed by atoms with Crippen molar-refractivity contribution in [1.29, 1.82) is 0 Å². The van der Waals surface area contributed by atoms with Crippen molar-refractivity contribution in [2.75, 3.05) is 0 Å². The van der Waals surface area contributed by atoms with Gasteiger partial charge in [0, 0.05) is 18.0 Å². The molecule has 2 aromatic rings. The smallest absolute Gasteiger partial charge is 0.133 e. The normalized spacial score (nSPS) is 13.3. The number of hydrogen-bond donors (Lipinski definition) is 1. The lowest BCUT2D eigenvalue weighted by Gasteiger charge is -2.08. The fraction of sp³-hybridized carbons (Fsp3) is 0.0833. The van der Waals surface area contributed by atoms with Gasteiger partial charge in [-0.15, -0.1) is 0 Å². The molecule has 0 bridgehead atoms. The van der Waals surface area contributed by atoms with Crippen LogP contribution < -0.4 is 5.32 Å². The molecule has 0 fully saturated rings. The van der Waals surface area contributed by atoms with Gasteiger partial charge in [0.2, 0.25) is 0 Å². The summed E-state index contributed by atoms with van der Waals surface area (Å²) in [6, 6.07) is 10.2. The minimum absolute atomic E-state index is 0.766. The molecule has 0 atom stereocenters. The molecule has 1 aliphatic heterocycles. The molecular weight excluding hydrogens is 266 g/mol. The summed E-state index contributed by atoms with van der Waals surface area (Å²) in [7, 11) is 0. The highest BCUT2D eigenvalue weighted by molar-refractivity contribution is 9.10. The lowest BCUT2D eigenvalue weighted by Crippen LogP contribution is -2.14. The minimum Gasteiger partial charge on any atom is -0.382 e. The second-order valence-corrected chi connectivity index (χ2v) is 4.35. The summed E-state index contributed by atoms with van der Waals surface area (Å²) in [5, 5.41) is 3.15. The lowest BCUT2D eigenvalue weighted by molar-refractivity contribution is 0.756. The molecule has 4 heteroatoms. The van der Waals surface area contributed by atoms with Crippen molar-refractivity contribution >= 4 is 22.1 Å². The zero-order chi connectivity index (χ0) is 11.0. The molecule has 0 unspecified atom stereocenters. The summed E-state index contributed by atoms with van der Waals surface area (Å²) < 4.78 is 3.06. The van der Waals surface area contributed by atoms with E-state index in [0.29, 0.717) is 0 Å². The molecule has 3 nitrogen and oxygen atoms in total. The molecule has 1 aromatic carbocycles. The number of fused-ring (bicyclic) bond motifs is 1. The Hall–Kier alpha value is -1.55. The number of imidazole rings is 1. The fourth-order valence-corrected chi connectivity index (χ4v) is 2.43. The van der Waals surface area contributed by atoms with Gasteiger partial charge < -0.3 is 5.32 Å². The summed E-state index contributed by atoms with van der Waals surface area (Å²) >= 11 is 3.60. The van der Waals surface area contributed by atoms with Crippen molar-refractivity contribution in [3.05, 3.63) is 47.0 Å². The third kappa shape index (κ3) is 1.46. The van der Waals surface area contributed by atoms with Gasteiger partial charge in [0.1, 0.15) is 16.1 Å². The predicted octanol–water partition coefficient (Wildman–Crippen LogP) is 2.84. The first kappa shape index (κ1) is 9.66. The van der Waals surface area contributed by atoms with Crippen molar-refractivity contribution in [2.24, 2.45) is 0 Å². The third-order valence-electron chi connectivity index (χ3n) is 2.57. The van der Waals surface area contributed by atoms with E-state index < -0.39 is 0 Å². The standard InChI is InChI=1S/C12H10BrN3/c13-12-11(9-4-2-1-3-5-9)15-10-8-14-6-7-16(10)12/h1-7,14H,8H2. The predicted molar refractivity (Wildman–Crippen MR) is 67.5 cm³/mol. The maximum absolute atomic E-state index is 4.62. The molecule has 16 heavy (non-hydrogen) atoms. The molecule has 0 amide bonds. The van der Waals surface area contributed by atoms with Crippen LogP contribution >= 0.6 is 15.9 Å². The van der Waals surface area contributed by atoms with Gasteiger partial charge in [-0.25, -0.2) is 4.98 Å². The van der Waals surface area contributed by atoms with Crippen molar-refractivity contribution < 1.29 is 0 Å². The van der Waals surface area contributed by atoms with Gasteiger partial charge in [-0.05, 0) is 15.9 Å². The molecule has 0 spiro atoms. The van der Waals surface area contributed by atoms with Crippen LogP contribution in [0.25, 0.3) is 17.5 Å². The SMILES string of the molecule is Brc1c(-c2ccccc2)nc2n1C=CNC2. The van der Waals surface area contributed by atoms with Gasteiger partial charge >= 0.3 is 0 Å². The van der Waals surface area contributed by atoms with E-state index in [2.05, 4.69) is 42.9 Å². The summed E-state index contributed by atoms with van der Waals surface area (Å²) in [6.45, 7) is 0.766. The molecule has 80 valence electrons. The van der Waals surface area contributed by atoms with Crippen molar-refractivity contribution in [3.8, 4) is 11.3 Å². The van der Waals surface area contributed by atoms with Gasteiger partial charge in [0.15, 0.2) is 0 Å². The zero-order valence-corrected chi connectivity index (χ0v) is 10.1. The van der Waals surface area contributed by atoms with Crippen molar-refractivity contribution in [2.45, 2.75) is 6.54 Å². The number of hydrogen-bond acceptors (Lipinski definition) is 2. The summed E-state index contributed by atoms with van der Waals surface area (Å²) in [5.41, 5.74) is 2.12. The number of aromatic nitrogens is 2. The van der Waals surface area contributed by atoms with E-state index in [1.807, 2.05) is 30.6 Å². The van der Waals surface area contributed by atoms with Gasteiger partial charge in [0.05, 0.1) is 6.54 Å². The number of nitrogens with one attached hydrogen (secondary N) is 1. The molecule has 1 aromatic heterocycles. The molecule has 0 aliphatic carbocycles. The highest BCUT2D eigenvalue weighted by Gasteiger charge is 2.15. The molecule has 1 aliphatic rings. The Morgan fingerprint density at radius 1 is 1.25 bits per heavy atom. The Balaban J connectivity index is 2.16. The average molecular weight is 276 g/mol. The second-order valence-electron chi connectivity index (χ2n) is 3.60. The fourth-order valence-electron chi connectivity index (χ4n) is 1.79. The quantitative estimate of drug-likeness (QED) is 0.868. The van der Waals surface area contributed by atoms with Crippen LogP contribution in [0.4, 0.5) is 0 Å². The highest BCUT2D eigenvalue weighted by atomic mass is 79.9. The number of nitrogens with zero attached hydrogens (tertiary/aromatic N) is 2. The second kappa shape index (κ2) is 3.79. The van der Waals surface area contributed by atoms with Crippen LogP contribution in [0.15, 0.2) is 41.1 Å². The van der Waals surface area contributed by atoms with Crippen LogP contribution in [0.5, 0.6) is 0 Å². The van der Waals surface area contributed by atoms with E-state index in [0.717, 1.165) is 28.2 Å². The van der Waals surface area contributed by atoms with E-state index in [9.17, 15) is 0 Å². The van der Waals surface area contributed by atoms with Crippen LogP contribution in [0.1, 0.15) is 5.82 Å². The van der Waals surface area contributed by atoms with Gasteiger partial charge in [-0.2, -0.15) is 0 Å². The number of benzene rings is 1. The topological polar surface area (TPSA) is 29.9 Å². The summed E-state index contributed by atoms with van der Waals surface area (Å²) in [6.07, 6.45) is 3.90. The van der Waals surface area contributed by atoms with E-state index in [1.54, 1.807) is 0 Å². The maximum Gasteiger partial charge on any atom is 0.133 e.